The van der Waals surface area contributed by atoms with Crippen LogP contribution in [0.3, 0.4) is 0 Å². The maximum atomic E-state index is 12.8. The van der Waals surface area contributed by atoms with E-state index in [2.05, 4.69) is 15.1 Å². The summed E-state index contributed by atoms with van der Waals surface area (Å²) in [6.07, 6.45) is 12.1. The van der Waals surface area contributed by atoms with Gasteiger partial charge in [-0.15, -0.1) is 0 Å². The van der Waals surface area contributed by atoms with Gasteiger partial charge in [0.1, 0.15) is 6.33 Å². The zero-order valence-electron chi connectivity index (χ0n) is 11.8. The van der Waals surface area contributed by atoms with Crippen molar-refractivity contribution in [1.29, 1.82) is 0 Å². The Kier molecular flexibility index (Phi) is 2.94. The molecule has 6 nitrogen and oxygen atoms in total. The summed E-state index contributed by atoms with van der Waals surface area (Å²) >= 11 is 0. The number of hydrogen-bond acceptors (Lipinski definition) is 4. The number of aromatic nitrogens is 5. The van der Waals surface area contributed by atoms with Gasteiger partial charge in [-0.2, -0.15) is 14.6 Å². The van der Waals surface area contributed by atoms with Gasteiger partial charge in [-0.3, -0.25) is 4.79 Å². The minimum absolute atomic E-state index is 0.0318. The molecular formula is C15H17N5O. The Bertz CT molecular complexity index is 842. The first-order valence-corrected chi connectivity index (χ1v) is 7.54. The monoisotopic (exact) mass is 283 g/mol. The molecule has 1 aliphatic carbocycles. The normalized spacial score (nSPS) is 17.3. The molecule has 0 saturated heterocycles. The lowest BCUT2D eigenvalue weighted by atomic mass is 10.1. The Morgan fingerprint density at radius 2 is 1.90 bits per heavy atom. The second-order valence-corrected chi connectivity index (χ2v) is 5.70. The molecule has 0 N–H and O–H groups in total. The van der Waals surface area contributed by atoms with Crippen LogP contribution in [0.4, 0.5) is 0 Å². The van der Waals surface area contributed by atoms with Gasteiger partial charge in [-0.05, 0) is 18.9 Å². The summed E-state index contributed by atoms with van der Waals surface area (Å²) in [4.78, 5) is 21.0. The third-order valence-corrected chi connectivity index (χ3v) is 4.42. The predicted octanol–water partition coefficient (Wildman–Crippen LogP) is 2.33. The zero-order valence-corrected chi connectivity index (χ0v) is 11.8. The van der Waals surface area contributed by atoms with Crippen molar-refractivity contribution in [3.05, 3.63) is 35.1 Å². The predicted molar refractivity (Wildman–Crippen MR) is 79.3 cm³/mol. The molecule has 108 valence electrons. The Balaban J connectivity index is 1.89. The molecule has 0 spiro atoms. The molecular weight excluding hydrogens is 266 g/mol. The fourth-order valence-electron chi connectivity index (χ4n) is 3.30. The summed E-state index contributed by atoms with van der Waals surface area (Å²) in [5.74, 6) is 0.522. The molecule has 0 atom stereocenters. The Morgan fingerprint density at radius 1 is 1.10 bits per heavy atom. The second-order valence-electron chi connectivity index (χ2n) is 5.70. The van der Waals surface area contributed by atoms with Crippen LogP contribution >= 0.6 is 0 Å². The van der Waals surface area contributed by atoms with Crippen LogP contribution in [0.15, 0.2) is 29.6 Å². The number of rotatable bonds is 1. The minimum atomic E-state index is 0.0318. The number of hydrogen-bond donors (Lipinski definition) is 0. The van der Waals surface area contributed by atoms with Crippen molar-refractivity contribution in [1.82, 2.24) is 24.1 Å². The van der Waals surface area contributed by atoms with Gasteiger partial charge in [0.25, 0.3) is 11.3 Å². The van der Waals surface area contributed by atoms with E-state index in [1.165, 1.54) is 32.0 Å². The van der Waals surface area contributed by atoms with Crippen LogP contribution < -0.4 is 5.56 Å². The van der Waals surface area contributed by atoms with E-state index < -0.39 is 0 Å². The van der Waals surface area contributed by atoms with Crippen molar-refractivity contribution in [2.24, 2.45) is 0 Å². The lowest BCUT2D eigenvalue weighted by Crippen LogP contribution is -2.24. The molecule has 0 aromatic carbocycles. The van der Waals surface area contributed by atoms with Crippen molar-refractivity contribution in [2.75, 3.05) is 0 Å². The van der Waals surface area contributed by atoms with E-state index in [0.29, 0.717) is 17.2 Å². The average molecular weight is 283 g/mol. The summed E-state index contributed by atoms with van der Waals surface area (Å²) in [5.41, 5.74) is 0.802. The van der Waals surface area contributed by atoms with Gasteiger partial charge in [-0.1, -0.05) is 25.7 Å². The lowest BCUT2D eigenvalue weighted by molar-refractivity contribution is 0.434. The number of nitrogens with zero attached hydrogens (tertiary/aromatic N) is 5. The molecule has 1 saturated carbocycles. The zero-order chi connectivity index (χ0) is 14.2. The fraction of sp³-hybridized carbons (Fsp3) is 0.467. The maximum absolute atomic E-state index is 12.8. The van der Waals surface area contributed by atoms with Crippen LogP contribution in [0, 0.1) is 0 Å². The Hall–Kier alpha value is -2.24. The lowest BCUT2D eigenvalue weighted by Gasteiger charge is -2.18. The van der Waals surface area contributed by atoms with Gasteiger partial charge in [0.15, 0.2) is 0 Å². The van der Waals surface area contributed by atoms with E-state index in [-0.39, 0.29) is 5.56 Å². The van der Waals surface area contributed by atoms with Crippen molar-refractivity contribution in [3.8, 4) is 0 Å². The number of fused-ring (bicyclic) bond motifs is 3. The van der Waals surface area contributed by atoms with Crippen LogP contribution in [0.25, 0.3) is 16.7 Å². The maximum Gasteiger partial charge on any atom is 0.261 e. The van der Waals surface area contributed by atoms with Gasteiger partial charge in [0.05, 0.1) is 10.9 Å². The topological polar surface area (TPSA) is 65.1 Å². The van der Waals surface area contributed by atoms with Crippen LogP contribution in [-0.2, 0) is 0 Å². The molecule has 6 heteroatoms. The van der Waals surface area contributed by atoms with E-state index in [9.17, 15) is 4.79 Å². The quantitative estimate of drug-likeness (QED) is 0.643. The Morgan fingerprint density at radius 3 is 2.71 bits per heavy atom. The summed E-state index contributed by atoms with van der Waals surface area (Å²) in [5, 5.41) is 4.75. The van der Waals surface area contributed by atoms with E-state index in [0.717, 1.165) is 18.4 Å². The molecule has 4 rings (SSSR count). The molecule has 1 fully saturated rings. The highest BCUT2D eigenvalue weighted by molar-refractivity contribution is 5.78. The summed E-state index contributed by atoms with van der Waals surface area (Å²) in [7, 11) is 0. The largest absolute Gasteiger partial charge is 0.312 e. The van der Waals surface area contributed by atoms with Gasteiger partial charge < -0.3 is 4.57 Å². The molecule has 1 aliphatic rings. The summed E-state index contributed by atoms with van der Waals surface area (Å²) in [6, 6.07) is 2.26. The van der Waals surface area contributed by atoms with E-state index in [1.54, 1.807) is 10.7 Å². The van der Waals surface area contributed by atoms with Crippen molar-refractivity contribution in [3.63, 3.8) is 0 Å². The third-order valence-electron chi connectivity index (χ3n) is 4.42. The standard InChI is InChI=1S/C15H17N5O/c21-14-12-9-16-15-17-10-18-20(15)13(12)7-8-19(14)11-5-3-1-2-4-6-11/h7-11H,1-6H2. The van der Waals surface area contributed by atoms with Crippen LogP contribution in [0.5, 0.6) is 0 Å². The molecule has 0 radical (unpaired) electrons. The molecule has 21 heavy (non-hydrogen) atoms. The van der Waals surface area contributed by atoms with Gasteiger partial charge >= 0.3 is 0 Å². The van der Waals surface area contributed by atoms with Crippen molar-refractivity contribution in [2.45, 2.75) is 44.6 Å². The molecule has 0 unspecified atom stereocenters. The molecule has 0 bridgehead atoms. The second kappa shape index (κ2) is 4.95. The molecule has 3 aromatic heterocycles. The van der Waals surface area contributed by atoms with E-state index in [4.69, 9.17) is 0 Å². The highest BCUT2D eigenvalue weighted by atomic mass is 16.1. The fourth-order valence-corrected chi connectivity index (χ4v) is 3.30. The van der Waals surface area contributed by atoms with Crippen LogP contribution in [0.1, 0.15) is 44.6 Å². The molecule has 3 heterocycles. The van der Waals surface area contributed by atoms with Gasteiger partial charge in [0, 0.05) is 18.4 Å². The van der Waals surface area contributed by atoms with Crippen LogP contribution in [-0.4, -0.2) is 24.1 Å². The van der Waals surface area contributed by atoms with Crippen molar-refractivity contribution < 1.29 is 0 Å². The summed E-state index contributed by atoms with van der Waals surface area (Å²) in [6.45, 7) is 0. The summed E-state index contributed by atoms with van der Waals surface area (Å²) < 4.78 is 3.51. The van der Waals surface area contributed by atoms with Gasteiger partial charge in [-0.25, -0.2) is 4.98 Å². The average Bonchev–Trinajstić information content (AvgIpc) is 2.83. The first-order valence-electron chi connectivity index (χ1n) is 7.54. The molecule has 0 aliphatic heterocycles. The highest BCUT2D eigenvalue weighted by Crippen LogP contribution is 2.26. The van der Waals surface area contributed by atoms with Crippen LogP contribution in [0.2, 0.25) is 0 Å². The first kappa shape index (κ1) is 12.5. The SMILES string of the molecule is O=c1c2cnc3ncnn3c2ccn1C1CCCCCC1. The minimum Gasteiger partial charge on any atom is -0.312 e. The Labute approximate surface area is 121 Å². The van der Waals surface area contributed by atoms with Crippen molar-refractivity contribution >= 4 is 16.7 Å². The first-order chi connectivity index (χ1) is 10.3. The third kappa shape index (κ3) is 2.02. The molecule has 0 amide bonds. The van der Waals surface area contributed by atoms with Gasteiger partial charge in [0.2, 0.25) is 0 Å². The number of pyridine rings is 1. The smallest absolute Gasteiger partial charge is 0.261 e. The highest BCUT2D eigenvalue weighted by Gasteiger charge is 2.17. The van der Waals surface area contributed by atoms with E-state index >= 15 is 0 Å². The molecule has 3 aromatic rings. The van der Waals surface area contributed by atoms with E-state index in [1.807, 2.05) is 16.8 Å².